The molecular formula is C42H27N5O. The second kappa shape index (κ2) is 11.3. The van der Waals surface area contributed by atoms with E-state index in [0.29, 0.717) is 17.2 Å². The normalized spacial score (nSPS) is 13.4. The quantitative estimate of drug-likeness (QED) is 0.188. The van der Waals surface area contributed by atoms with Crippen LogP contribution in [0.25, 0.3) is 72.7 Å². The fourth-order valence-corrected chi connectivity index (χ4v) is 6.37. The van der Waals surface area contributed by atoms with Crippen molar-refractivity contribution in [3.8, 4) is 33.9 Å². The van der Waals surface area contributed by atoms with Crippen LogP contribution in [0.2, 0.25) is 0 Å². The lowest BCUT2D eigenvalue weighted by molar-refractivity contribution is 0.669. The molecule has 2 aromatic heterocycles. The summed E-state index contributed by atoms with van der Waals surface area (Å²) in [6, 6.07) is 46.7. The Balaban J connectivity index is 1.17. The topological polar surface area (TPSA) is 87.2 Å². The van der Waals surface area contributed by atoms with Gasteiger partial charge in [0.1, 0.15) is 16.9 Å². The van der Waals surface area contributed by atoms with E-state index in [9.17, 15) is 5.41 Å². The van der Waals surface area contributed by atoms with Crippen LogP contribution in [0.15, 0.2) is 155 Å². The van der Waals surface area contributed by atoms with Crippen LogP contribution < -0.4 is 5.43 Å². The highest BCUT2D eigenvalue weighted by Gasteiger charge is 2.20. The van der Waals surface area contributed by atoms with E-state index in [1.165, 1.54) is 0 Å². The number of nitrogens with one attached hydrogen (secondary N) is 2. The molecule has 2 heterocycles. The zero-order valence-corrected chi connectivity index (χ0v) is 25.7. The van der Waals surface area contributed by atoms with Gasteiger partial charge in [-0.2, -0.15) is 5.10 Å². The van der Waals surface area contributed by atoms with Gasteiger partial charge in [-0.25, -0.2) is 9.97 Å². The monoisotopic (exact) mass is 617 g/mol. The molecule has 9 rings (SSSR count). The Labute approximate surface area is 276 Å². The zero-order chi connectivity index (χ0) is 32.0. The lowest BCUT2D eigenvalue weighted by atomic mass is 9.88. The summed E-state index contributed by atoms with van der Waals surface area (Å²) in [5.74, 6) is 0.605. The maximum absolute atomic E-state index is 9.19. The fourth-order valence-electron chi connectivity index (χ4n) is 6.37. The number of anilines is 1. The first-order valence-electron chi connectivity index (χ1n) is 15.8. The van der Waals surface area contributed by atoms with Gasteiger partial charge in [0.2, 0.25) is 0 Å². The number of aromatic nitrogens is 2. The van der Waals surface area contributed by atoms with Crippen molar-refractivity contribution in [3.63, 3.8) is 0 Å². The van der Waals surface area contributed by atoms with Gasteiger partial charge >= 0.3 is 0 Å². The molecule has 0 unspecified atom stereocenters. The molecule has 1 aliphatic rings. The van der Waals surface area contributed by atoms with Gasteiger partial charge in [0, 0.05) is 33.0 Å². The molecule has 0 saturated carbocycles. The number of hydrazone groups is 1. The Kier molecular flexibility index (Phi) is 6.50. The van der Waals surface area contributed by atoms with E-state index >= 15 is 0 Å². The van der Waals surface area contributed by atoms with Crippen LogP contribution in [-0.4, -0.2) is 21.4 Å². The lowest BCUT2D eigenvalue weighted by Crippen LogP contribution is -2.18. The fraction of sp³-hybridized carbons (Fsp3) is 0. The third-order valence-corrected chi connectivity index (χ3v) is 8.79. The predicted molar refractivity (Wildman–Crippen MR) is 196 cm³/mol. The third-order valence-electron chi connectivity index (χ3n) is 8.79. The molecule has 0 saturated heterocycles. The van der Waals surface area contributed by atoms with Crippen molar-refractivity contribution in [1.82, 2.24) is 9.97 Å². The second-order valence-corrected chi connectivity index (χ2v) is 11.8. The molecule has 226 valence electrons. The molecule has 0 radical (unpaired) electrons. The number of rotatable bonds is 5. The van der Waals surface area contributed by atoms with Crippen LogP contribution >= 0.6 is 0 Å². The molecule has 0 amide bonds. The minimum atomic E-state index is 0.359. The molecule has 6 nitrogen and oxygen atoms in total. The first-order valence-corrected chi connectivity index (χ1v) is 15.8. The molecule has 0 aliphatic heterocycles. The van der Waals surface area contributed by atoms with E-state index in [0.717, 1.165) is 77.6 Å². The predicted octanol–water partition coefficient (Wildman–Crippen LogP) is 10.4. The van der Waals surface area contributed by atoms with Crippen LogP contribution in [0.4, 0.5) is 5.69 Å². The summed E-state index contributed by atoms with van der Waals surface area (Å²) in [6.45, 7) is 0. The first-order chi connectivity index (χ1) is 23.7. The number of furan rings is 1. The SMILES string of the molecule is N=C1/C(=N\Nc2ccccc2)C=Cc2ccc3ccc(-c4nc(-c5ccccc5)cc(-c5ccc6c(c5)oc5ccccc56)n4)cc3c21. The molecule has 6 aromatic carbocycles. The number of hydrogen-bond donors (Lipinski definition) is 2. The first kappa shape index (κ1) is 27.6. The Morgan fingerprint density at radius 2 is 1.27 bits per heavy atom. The van der Waals surface area contributed by atoms with Crippen LogP contribution in [-0.2, 0) is 0 Å². The average molecular weight is 618 g/mol. The van der Waals surface area contributed by atoms with Crippen molar-refractivity contribution in [2.24, 2.45) is 5.10 Å². The number of fused-ring (bicyclic) bond motifs is 6. The summed E-state index contributed by atoms with van der Waals surface area (Å²) in [5.41, 5.74) is 12.8. The van der Waals surface area contributed by atoms with Crippen molar-refractivity contribution >= 4 is 55.9 Å². The van der Waals surface area contributed by atoms with Crippen LogP contribution in [0.3, 0.4) is 0 Å². The number of benzene rings is 6. The van der Waals surface area contributed by atoms with E-state index in [-0.39, 0.29) is 0 Å². The lowest BCUT2D eigenvalue weighted by Gasteiger charge is -2.17. The van der Waals surface area contributed by atoms with Gasteiger partial charge in [-0.3, -0.25) is 10.8 Å². The Morgan fingerprint density at radius 1 is 0.562 bits per heavy atom. The van der Waals surface area contributed by atoms with Crippen molar-refractivity contribution in [1.29, 1.82) is 5.41 Å². The number of allylic oxidation sites excluding steroid dienone is 1. The highest BCUT2D eigenvalue weighted by Crippen LogP contribution is 2.35. The average Bonchev–Trinajstić information content (AvgIpc) is 3.53. The standard InChI is InChI=1S/C42H27N5O/c43-41-35(47-46-31-11-5-2-6-12-31)22-20-28-17-15-26-16-18-30(23-34(26)40(28)41)42-44-36(27-9-3-1-4-10-27)25-37(45-42)29-19-21-33-32-13-7-8-14-38(32)48-39(33)24-29/h1-25,43,46H/b43-41?,47-35-. The van der Waals surface area contributed by atoms with E-state index < -0.39 is 0 Å². The smallest absolute Gasteiger partial charge is 0.160 e. The maximum Gasteiger partial charge on any atom is 0.160 e. The van der Waals surface area contributed by atoms with E-state index in [1.54, 1.807) is 0 Å². The highest BCUT2D eigenvalue weighted by molar-refractivity contribution is 6.55. The number of hydrogen-bond acceptors (Lipinski definition) is 6. The van der Waals surface area contributed by atoms with E-state index in [1.807, 2.05) is 84.9 Å². The molecule has 0 fully saturated rings. The molecule has 0 spiro atoms. The van der Waals surface area contributed by atoms with Crippen LogP contribution in [0.5, 0.6) is 0 Å². The summed E-state index contributed by atoms with van der Waals surface area (Å²) < 4.78 is 6.22. The summed E-state index contributed by atoms with van der Waals surface area (Å²) in [5, 5.41) is 17.9. The summed E-state index contributed by atoms with van der Waals surface area (Å²) in [6.07, 6.45) is 3.90. The molecule has 48 heavy (non-hydrogen) atoms. The summed E-state index contributed by atoms with van der Waals surface area (Å²) in [4.78, 5) is 10.2. The molecule has 6 heteroatoms. The van der Waals surface area contributed by atoms with Crippen molar-refractivity contribution < 1.29 is 4.42 Å². The Morgan fingerprint density at radius 3 is 2.12 bits per heavy atom. The van der Waals surface area contributed by atoms with Crippen LogP contribution in [0.1, 0.15) is 11.1 Å². The van der Waals surface area contributed by atoms with Gasteiger partial charge in [0.15, 0.2) is 5.82 Å². The third kappa shape index (κ3) is 4.84. The van der Waals surface area contributed by atoms with Crippen molar-refractivity contribution in [2.45, 2.75) is 0 Å². The largest absolute Gasteiger partial charge is 0.456 e. The van der Waals surface area contributed by atoms with Crippen molar-refractivity contribution in [2.75, 3.05) is 5.43 Å². The van der Waals surface area contributed by atoms with Gasteiger partial charge in [-0.1, -0.05) is 103 Å². The van der Waals surface area contributed by atoms with Crippen molar-refractivity contribution in [3.05, 3.63) is 157 Å². The molecule has 8 aromatic rings. The molecule has 1 aliphatic carbocycles. The van der Waals surface area contributed by atoms with Crippen LogP contribution in [0, 0.1) is 5.41 Å². The summed E-state index contributed by atoms with van der Waals surface area (Å²) in [7, 11) is 0. The molecule has 0 bridgehead atoms. The maximum atomic E-state index is 9.19. The molecule has 2 N–H and O–H groups in total. The zero-order valence-electron chi connectivity index (χ0n) is 25.7. The van der Waals surface area contributed by atoms with Gasteiger partial charge < -0.3 is 4.42 Å². The molecular weight excluding hydrogens is 590 g/mol. The minimum absolute atomic E-state index is 0.359. The number of nitrogens with zero attached hydrogens (tertiary/aromatic N) is 3. The minimum Gasteiger partial charge on any atom is -0.456 e. The Hall–Kier alpha value is -6.66. The van der Waals surface area contributed by atoms with E-state index in [2.05, 4.69) is 77.3 Å². The second-order valence-electron chi connectivity index (χ2n) is 11.8. The van der Waals surface area contributed by atoms with Gasteiger partial charge in [-0.15, -0.1) is 0 Å². The Bertz CT molecular complexity index is 2600. The van der Waals surface area contributed by atoms with Gasteiger partial charge in [-0.05, 0) is 64.9 Å². The summed E-state index contributed by atoms with van der Waals surface area (Å²) >= 11 is 0. The van der Waals surface area contributed by atoms with E-state index in [4.69, 9.17) is 14.4 Å². The van der Waals surface area contributed by atoms with Gasteiger partial charge in [0.25, 0.3) is 0 Å². The molecule has 0 atom stereocenters. The number of para-hydroxylation sites is 2. The highest BCUT2D eigenvalue weighted by atomic mass is 16.3. The van der Waals surface area contributed by atoms with Gasteiger partial charge in [0.05, 0.1) is 22.8 Å².